The Hall–Kier alpha value is -2.55. The molecule has 1 fully saturated rings. The van der Waals surface area contributed by atoms with E-state index in [4.69, 9.17) is 22.1 Å². The van der Waals surface area contributed by atoms with E-state index in [9.17, 15) is 19.3 Å². The molecule has 2 N–H and O–H groups in total. The number of benzene rings is 2. The third-order valence-corrected chi connectivity index (χ3v) is 5.62. The van der Waals surface area contributed by atoms with Gasteiger partial charge in [0, 0.05) is 19.1 Å². The Labute approximate surface area is 208 Å². The Bertz CT molecular complexity index is 1030. The summed E-state index contributed by atoms with van der Waals surface area (Å²) >= 11 is 5.86. The Balaban J connectivity index is 0.00000272. The summed E-state index contributed by atoms with van der Waals surface area (Å²) in [5.41, 5.74) is 7.08. The van der Waals surface area contributed by atoms with Gasteiger partial charge in [0.15, 0.2) is 5.75 Å². The number of hydrogen-bond donors (Lipinski definition) is 1. The van der Waals surface area contributed by atoms with Gasteiger partial charge in [0.25, 0.3) is 5.69 Å². The smallest absolute Gasteiger partial charge is 0.291 e. The number of nitrogens with two attached hydrogens (primary N) is 1. The molecule has 2 aromatic rings. The second-order valence-corrected chi connectivity index (χ2v) is 7.82. The van der Waals surface area contributed by atoms with E-state index in [2.05, 4.69) is 0 Å². The Kier molecular flexibility index (Phi) is 10.4. The molecule has 1 saturated heterocycles. The second kappa shape index (κ2) is 12.1. The highest BCUT2D eigenvalue weighted by Gasteiger charge is 2.34. The topological polar surface area (TPSA) is 102 Å². The van der Waals surface area contributed by atoms with Crippen LogP contribution in [0.4, 0.5) is 15.8 Å². The zero-order chi connectivity index (χ0) is 22.7. The van der Waals surface area contributed by atoms with Crippen molar-refractivity contribution >= 4 is 53.7 Å². The predicted molar refractivity (Wildman–Crippen MR) is 129 cm³/mol. The summed E-state index contributed by atoms with van der Waals surface area (Å²) in [7, 11) is 0. The number of ether oxygens (including phenoxy) is 1. The minimum absolute atomic E-state index is 0. The number of nitrogens with zero attached hydrogens (tertiary/aromatic N) is 3. The van der Waals surface area contributed by atoms with Crippen LogP contribution in [0.3, 0.4) is 0 Å². The monoisotopic (exact) mass is 520 g/mol. The number of hydrogen-bond acceptors (Lipinski definition) is 7. The number of halogens is 4. The molecule has 2 aromatic carbocycles. The minimum Gasteiger partial charge on any atom is -0.476 e. The summed E-state index contributed by atoms with van der Waals surface area (Å²) in [6.45, 7) is 4.87. The number of carbonyl (C=O) groups excluding carboxylic acids is 1. The van der Waals surface area contributed by atoms with Gasteiger partial charge in [-0.2, -0.15) is 0 Å². The van der Waals surface area contributed by atoms with Crippen molar-refractivity contribution in [3.63, 3.8) is 0 Å². The molecule has 2 atom stereocenters. The first-order chi connectivity index (χ1) is 14.7. The van der Waals surface area contributed by atoms with Crippen LogP contribution < -0.4 is 10.5 Å². The van der Waals surface area contributed by atoms with Crippen molar-refractivity contribution in [3.8, 4) is 5.75 Å². The van der Waals surface area contributed by atoms with Gasteiger partial charge in [-0.25, -0.2) is 9.18 Å². The molecule has 180 valence electrons. The molecule has 1 aliphatic rings. The van der Waals surface area contributed by atoms with Crippen molar-refractivity contribution in [1.82, 2.24) is 9.80 Å². The molecular formula is C21H24Cl3FN4O4. The maximum Gasteiger partial charge on any atom is 0.291 e. The molecule has 1 heterocycles. The van der Waals surface area contributed by atoms with Crippen molar-refractivity contribution < 1.29 is 18.8 Å². The zero-order valence-corrected chi connectivity index (χ0v) is 20.3. The molecule has 33 heavy (non-hydrogen) atoms. The first-order valence-corrected chi connectivity index (χ1v) is 9.95. The molecule has 1 aliphatic heterocycles. The standard InChI is InChI=1S/C21H22ClFN4O4.2ClH/c1-13-9-25(12-31-21-8-19(27(29)30)17(22)7-18(21)24)14(2)20(11-28)26(13)10-15-3-5-16(23)6-4-15;;/h3-8,13-14H,9-10,12,24H2,1-2H3;2*1H/t13-,14+;;/m1../s1. The Morgan fingerprint density at radius 2 is 1.91 bits per heavy atom. The van der Waals surface area contributed by atoms with Gasteiger partial charge in [-0.1, -0.05) is 23.7 Å². The molecule has 0 radical (unpaired) electrons. The van der Waals surface area contributed by atoms with Crippen LogP contribution in [0.2, 0.25) is 5.02 Å². The number of nitro groups is 1. The van der Waals surface area contributed by atoms with Gasteiger partial charge in [0.2, 0.25) is 0 Å². The van der Waals surface area contributed by atoms with Crippen LogP contribution in [0.25, 0.3) is 0 Å². The highest BCUT2D eigenvalue weighted by Crippen LogP contribution is 2.34. The molecule has 12 heteroatoms. The van der Waals surface area contributed by atoms with Gasteiger partial charge in [-0.3, -0.25) is 15.0 Å². The van der Waals surface area contributed by atoms with E-state index in [1.54, 1.807) is 12.1 Å². The van der Waals surface area contributed by atoms with Crippen LogP contribution >= 0.6 is 36.4 Å². The summed E-state index contributed by atoms with van der Waals surface area (Å²) < 4.78 is 18.9. The number of nitro benzene ring substituents is 1. The summed E-state index contributed by atoms with van der Waals surface area (Å²) in [5, 5.41) is 11.0. The first-order valence-electron chi connectivity index (χ1n) is 9.57. The Morgan fingerprint density at radius 3 is 2.48 bits per heavy atom. The zero-order valence-electron chi connectivity index (χ0n) is 17.9. The fourth-order valence-electron chi connectivity index (χ4n) is 3.56. The van der Waals surface area contributed by atoms with Gasteiger partial charge >= 0.3 is 0 Å². The van der Waals surface area contributed by atoms with Gasteiger partial charge in [-0.05, 0) is 37.6 Å². The molecule has 8 nitrogen and oxygen atoms in total. The van der Waals surface area contributed by atoms with E-state index in [1.807, 2.05) is 29.6 Å². The van der Waals surface area contributed by atoms with E-state index >= 15 is 0 Å². The van der Waals surface area contributed by atoms with Crippen LogP contribution in [0.5, 0.6) is 5.75 Å². The molecular weight excluding hydrogens is 498 g/mol. The SMILES string of the molecule is C[C@@H]1CN(COc2cc([N+](=O)[O-])c(Cl)cc2N)[C@@H](C)C(=C=O)N1Cc1ccc(F)cc1.Cl.Cl. The average molecular weight is 522 g/mol. The van der Waals surface area contributed by atoms with Crippen LogP contribution in [0.1, 0.15) is 19.4 Å². The fourth-order valence-corrected chi connectivity index (χ4v) is 3.80. The Morgan fingerprint density at radius 1 is 1.27 bits per heavy atom. The van der Waals surface area contributed by atoms with Gasteiger partial charge in [0.1, 0.15) is 29.2 Å². The van der Waals surface area contributed by atoms with Crippen molar-refractivity contribution in [3.05, 3.63) is 68.6 Å². The average Bonchev–Trinajstić information content (AvgIpc) is 2.72. The lowest BCUT2D eigenvalue weighted by molar-refractivity contribution is -0.384. The molecule has 0 spiro atoms. The lowest BCUT2D eigenvalue weighted by Crippen LogP contribution is -2.55. The summed E-state index contributed by atoms with van der Waals surface area (Å²) in [4.78, 5) is 26.1. The van der Waals surface area contributed by atoms with Crippen molar-refractivity contribution in [2.45, 2.75) is 32.5 Å². The van der Waals surface area contributed by atoms with E-state index < -0.39 is 4.92 Å². The second-order valence-electron chi connectivity index (χ2n) is 7.41. The molecule has 0 amide bonds. The van der Waals surface area contributed by atoms with Crippen LogP contribution in [-0.2, 0) is 11.3 Å². The number of nitrogen functional groups attached to an aromatic ring is 1. The summed E-state index contributed by atoms with van der Waals surface area (Å²) in [6.07, 6.45) is 0. The fraction of sp³-hybridized carbons (Fsp3) is 0.333. The lowest BCUT2D eigenvalue weighted by atomic mass is 10.0. The molecule has 0 bridgehead atoms. The largest absolute Gasteiger partial charge is 0.476 e. The maximum atomic E-state index is 13.2. The molecule has 0 unspecified atom stereocenters. The summed E-state index contributed by atoms with van der Waals surface area (Å²) in [6, 6.07) is 8.21. The third-order valence-electron chi connectivity index (χ3n) is 5.32. The third kappa shape index (κ3) is 6.50. The highest BCUT2D eigenvalue weighted by atomic mass is 35.5. The van der Waals surface area contributed by atoms with E-state index in [0.717, 1.165) is 5.56 Å². The minimum atomic E-state index is -0.610. The van der Waals surface area contributed by atoms with Crippen molar-refractivity contribution in [2.24, 2.45) is 0 Å². The summed E-state index contributed by atoms with van der Waals surface area (Å²) in [5.74, 6) is 1.85. The quantitative estimate of drug-likeness (QED) is 0.259. The molecule has 3 rings (SSSR count). The van der Waals surface area contributed by atoms with E-state index in [0.29, 0.717) is 18.8 Å². The van der Waals surface area contributed by atoms with Crippen molar-refractivity contribution in [2.75, 3.05) is 19.0 Å². The van der Waals surface area contributed by atoms with Crippen LogP contribution in [0.15, 0.2) is 42.1 Å². The lowest BCUT2D eigenvalue weighted by Gasteiger charge is -2.45. The van der Waals surface area contributed by atoms with Gasteiger partial charge in [0.05, 0.1) is 22.7 Å². The number of anilines is 1. The molecule has 0 aliphatic carbocycles. The highest BCUT2D eigenvalue weighted by molar-refractivity contribution is 6.33. The first kappa shape index (κ1) is 28.5. The van der Waals surface area contributed by atoms with E-state index in [-0.39, 0.29) is 71.6 Å². The number of piperazine rings is 1. The van der Waals surface area contributed by atoms with Crippen LogP contribution in [-0.4, -0.2) is 46.0 Å². The van der Waals surface area contributed by atoms with Gasteiger partial charge in [-0.15, -0.1) is 24.8 Å². The number of rotatable bonds is 6. The van der Waals surface area contributed by atoms with Crippen molar-refractivity contribution in [1.29, 1.82) is 0 Å². The van der Waals surface area contributed by atoms with Crippen LogP contribution in [0, 0.1) is 15.9 Å². The van der Waals surface area contributed by atoms with E-state index in [1.165, 1.54) is 24.3 Å². The maximum absolute atomic E-state index is 13.2. The molecule has 0 aromatic heterocycles. The predicted octanol–water partition coefficient (Wildman–Crippen LogP) is 4.46. The van der Waals surface area contributed by atoms with Gasteiger partial charge < -0.3 is 15.4 Å². The molecule has 0 saturated carbocycles. The normalized spacial score (nSPS) is 18.1.